The fourth-order valence-corrected chi connectivity index (χ4v) is 1.96. The Balaban J connectivity index is 4.78. The van der Waals surface area contributed by atoms with Crippen LogP contribution in [0.5, 0.6) is 0 Å². The van der Waals surface area contributed by atoms with Gasteiger partial charge in [0.2, 0.25) is 0 Å². The number of hydrogen-bond acceptors (Lipinski definition) is 3. The van der Waals surface area contributed by atoms with Crippen LogP contribution < -0.4 is 5.32 Å². The first-order chi connectivity index (χ1) is 9.62. The molecule has 1 atom stereocenters. The van der Waals surface area contributed by atoms with Crippen LogP contribution in [0.2, 0.25) is 0 Å². The van der Waals surface area contributed by atoms with E-state index in [4.69, 9.17) is 5.21 Å². The van der Waals surface area contributed by atoms with E-state index in [-0.39, 0.29) is 5.92 Å². The maximum Gasteiger partial charge on any atom is 0.146 e. The van der Waals surface area contributed by atoms with Crippen LogP contribution in [0.25, 0.3) is 0 Å². The van der Waals surface area contributed by atoms with Crippen molar-refractivity contribution in [3.63, 3.8) is 0 Å². The van der Waals surface area contributed by atoms with Crippen LogP contribution in [0.3, 0.4) is 0 Å². The average molecular weight is 294 g/mol. The summed E-state index contributed by atoms with van der Waals surface area (Å²) >= 11 is 4.46. The molecule has 112 valence electrons. The van der Waals surface area contributed by atoms with Gasteiger partial charge in [-0.2, -0.15) is 0 Å². The second-order valence-electron chi connectivity index (χ2n) is 4.32. The Morgan fingerprint density at radius 1 is 1.25 bits per heavy atom. The number of hydrogen-bond donors (Lipinski definition) is 3. The van der Waals surface area contributed by atoms with Gasteiger partial charge in [-0.15, -0.1) is 12.6 Å². The van der Waals surface area contributed by atoms with Gasteiger partial charge in [-0.25, -0.2) is 0 Å². The molecule has 0 aliphatic rings. The normalized spacial score (nSPS) is 16.1. The molecule has 0 aromatic carbocycles. The summed E-state index contributed by atoms with van der Waals surface area (Å²) in [4.78, 5) is 1.02. The monoisotopic (exact) mass is 294 g/mol. The number of rotatable bonds is 7. The Hall–Kier alpha value is -1.42. The van der Waals surface area contributed by atoms with Gasteiger partial charge in [0, 0.05) is 12.1 Å². The molecule has 4 heteroatoms. The van der Waals surface area contributed by atoms with E-state index in [1.165, 1.54) is 0 Å². The van der Waals surface area contributed by atoms with Gasteiger partial charge in [0.1, 0.15) is 5.84 Å². The van der Waals surface area contributed by atoms with Crippen LogP contribution in [0.15, 0.2) is 52.2 Å². The average Bonchev–Trinajstić information content (AvgIpc) is 2.49. The van der Waals surface area contributed by atoms with Crippen molar-refractivity contribution in [2.45, 2.75) is 40.5 Å². The molecule has 0 spiro atoms. The van der Waals surface area contributed by atoms with Crippen molar-refractivity contribution >= 4 is 18.5 Å². The Morgan fingerprint density at radius 3 is 2.40 bits per heavy atom. The first-order valence-corrected chi connectivity index (χ1v) is 7.36. The molecule has 2 N–H and O–H groups in total. The summed E-state index contributed by atoms with van der Waals surface area (Å²) in [5, 5.41) is 15.7. The molecule has 0 aliphatic carbocycles. The van der Waals surface area contributed by atoms with Gasteiger partial charge < -0.3 is 10.5 Å². The Morgan fingerprint density at radius 2 is 1.95 bits per heavy atom. The quantitative estimate of drug-likeness (QED) is 0.160. The molecule has 3 nitrogen and oxygen atoms in total. The van der Waals surface area contributed by atoms with Crippen molar-refractivity contribution < 1.29 is 5.21 Å². The van der Waals surface area contributed by atoms with Crippen molar-refractivity contribution in [3.05, 3.63) is 47.1 Å². The molecule has 0 aliphatic heterocycles. The van der Waals surface area contributed by atoms with Crippen molar-refractivity contribution in [3.8, 4) is 0 Å². The smallest absolute Gasteiger partial charge is 0.146 e. The predicted octanol–water partition coefficient (Wildman–Crippen LogP) is 4.65. The van der Waals surface area contributed by atoms with Gasteiger partial charge in [-0.05, 0) is 44.1 Å². The summed E-state index contributed by atoms with van der Waals surface area (Å²) in [6, 6.07) is 0. The zero-order valence-corrected chi connectivity index (χ0v) is 13.7. The second kappa shape index (κ2) is 11.4. The summed E-state index contributed by atoms with van der Waals surface area (Å²) in [6.45, 7) is 7.96. The fraction of sp³-hybridized carbons (Fsp3) is 0.438. The van der Waals surface area contributed by atoms with Crippen LogP contribution in [0.4, 0.5) is 0 Å². The Labute approximate surface area is 128 Å². The molecule has 0 fully saturated rings. The van der Waals surface area contributed by atoms with Crippen molar-refractivity contribution in [1.29, 1.82) is 0 Å². The maximum atomic E-state index is 9.16. The van der Waals surface area contributed by atoms with E-state index < -0.39 is 0 Å². The number of nitrogens with zero attached hydrogens (tertiary/aromatic N) is 1. The number of nitrogens with one attached hydrogen (secondary N) is 1. The highest BCUT2D eigenvalue weighted by Crippen LogP contribution is 2.22. The molecular formula is C16H26N2OS. The third kappa shape index (κ3) is 7.24. The zero-order valence-electron chi connectivity index (χ0n) is 12.8. The Bertz CT molecular complexity index is 420. The van der Waals surface area contributed by atoms with E-state index in [1.807, 2.05) is 57.2 Å². The van der Waals surface area contributed by atoms with E-state index in [0.29, 0.717) is 12.3 Å². The minimum atomic E-state index is 0.263. The SMILES string of the molecule is C\C=C/C=C\C(=C/C)N/C(CC(CC)/C(S)=C/C)=N\O. The van der Waals surface area contributed by atoms with Crippen molar-refractivity contribution in [1.82, 2.24) is 5.32 Å². The summed E-state index contributed by atoms with van der Waals surface area (Å²) in [6.07, 6.45) is 13.3. The standard InChI is InChI=1S/C16H26N2OS/c1-5-9-10-11-14(7-3)17-16(18-19)12-13(6-2)15(20)8-4/h5,7-11,13,19-20H,6,12H2,1-4H3,(H,17,18)/b9-5-,11-10-,14-7+,15-8-. The number of thiol groups is 1. The van der Waals surface area contributed by atoms with Gasteiger partial charge >= 0.3 is 0 Å². The second-order valence-corrected chi connectivity index (χ2v) is 4.84. The minimum absolute atomic E-state index is 0.263. The van der Waals surface area contributed by atoms with E-state index in [2.05, 4.69) is 30.0 Å². The molecule has 0 radical (unpaired) electrons. The van der Waals surface area contributed by atoms with Gasteiger partial charge in [-0.3, -0.25) is 0 Å². The number of allylic oxidation sites excluding steroid dienone is 7. The topological polar surface area (TPSA) is 44.6 Å². The predicted molar refractivity (Wildman–Crippen MR) is 91.2 cm³/mol. The molecule has 0 aromatic rings. The molecule has 20 heavy (non-hydrogen) atoms. The molecule has 0 saturated heterocycles. The van der Waals surface area contributed by atoms with Crippen LogP contribution in [-0.4, -0.2) is 11.0 Å². The molecule has 1 unspecified atom stereocenters. The van der Waals surface area contributed by atoms with Gasteiger partial charge in [-0.1, -0.05) is 42.5 Å². The molecular weight excluding hydrogens is 268 g/mol. The molecule has 0 saturated carbocycles. The van der Waals surface area contributed by atoms with Gasteiger partial charge in [0.25, 0.3) is 0 Å². The number of oxime groups is 1. The molecule has 0 aromatic heterocycles. The van der Waals surface area contributed by atoms with E-state index in [9.17, 15) is 0 Å². The molecule has 0 amide bonds. The summed E-state index contributed by atoms with van der Waals surface area (Å²) in [7, 11) is 0. The van der Waals surface area contributed by atoms with Crippen LogP contribution in [0.1, 0.15) is 40.5 Å². The highest BCUT2D eigenvalue weighted by Gasteiger charge is 2.13. The van der Waals surface area contributed by atoms with E-state index in [1.54, 1.807) is 0 Å². The maximum absolute atomic E-state index is 9.16. The third-order valence-corrected chi connectivity index (χ3v) is 3.57. The van der Waals surface area contributed by atoms with Crippen LogP contribution in [0, 0.1) is 5.92 Å². The zero-order chi connectivity index (χ0) is 15.4. The van der Waals surface area contributed by atoms with Crippen LogP contribution >= 0.6 is 12.6 Å². The van der Waals surface area contributed by atoms with Crippen molar-refractivity contribution in [2.75, 3.05) is 0 Å². The summed E-state index contributed by atoms with van der Waals surface area (Å²) in [5.41, 5.74) is 0.895. The lowest BCUT2D eigenvalue weighted by atomic mass is 10.0. The van der Waals surface area contributed by atoms with Crippen molar-refractivity contribution in [2.24, 2.45) is 11.1 Å². The highest BCUT2D eigenvalue weighted by molar-refractivity contribution is 7.84. The summed E-state index contributed by atoms with van der Waals surface area (Å²) < 4.78 is 0. The molecule has 0 heterocycles. The van der Waals surface area contributed by atoms with E-state index >= 15 is 0 Å². The lowest BCUT2D eigenvalue weighted by molar-refractivity contribution is 0.314. The fourth-order valence-electron chi connectivity index (χ4n) is 1.69. The lowest BCUT2D eigenvalue weighted by Crippen LogP contribution is -2.25. The third-order valence-electron chi connectivity index (χ3n) is 2.95. The molecule has 0 rings (SSSR count). The van der Waals surface area contributed by atoms with Crippen LogP contribution in [-0.2, 0) is 0 Å². The largest absolute Gasteiger partial charge is 0.409 e. The molecule has 0 bridgehead atoms. The first kappa shape index (κ1) is 18.6. The lowest BCUT2D eigenvalue weighted by Gasteiger charge is -2.17. The minimum Gasteiger partial charge on any atom is -0.409 e. The highest BCUT2D eigenvalue weighted by atomic mass is 32.1. The van der Waals surface area contributed by atoms with Gasteiger partial charge in [0.05, 0.1) is 0 Å². The van der Waals surface area contributed by atoms with Gasteiger partial charge in [0.15, 0.2) is 0 Å². The van der Waals surface area contributed by atoms with E-state index in [0.717, 1.165) is 17.0 Å². The Kier molecular flexibility index (Phi) is 10.6. The summed E-state index contributed by atoms with van der Waals surface area (Å²) in [5.74, 6) is 0.808. The number of amidine groups is 1. The first-order valence-electron chi connectivity index (χ1n) is 6.91.